The number of carbonyl (C=O) groups is 3. The molecule has 7 heteroatoms. The molecular formula is C16H19N3O4. The minimum atomic E-state index is -0.485. The van der Waals surface area contributed by atoms with Crippen LogP contribution in [0.1, 0.15) is 13.8 Å². The van der Waals surface area contributed by atoms with Crippen LogP contribution in [0.4, 0.5) is 11.4 Å². The van der Waals surface area contributed by atoms with Gasteiger partial charge in [-0.2, -0.15) is 0 Å². The summed E-state index contributed by atoms with van der Waals surface area (Å²) in [6, 6.07) is 6.86. The summed E-state index contributed by atoms with van der Waals surface area (Å²) in [5.41, 5.74) is 1.30. The van der Waals surface area contributed by atoms with Crippen molar-refractivity contribution in [2.45, 2.75) is 13.8 Å². The number of aliphatic hydroxyl groups is 1. The van der Waals surface area contributed by atoms with Gasteiger partial charge < -0.3 is 15.7 Å². The Morgan fingerprint density at radius 3 is 2.61 bits per heavy atom. The van der Waals surface area contributed by atoms with Gasteiger partial charge in [-0.15, -0.1) is 0 Å². The summed E-state index contributed by atoms with van der Waals surface area (Å²) in [4.78, 5) is 36.4. The standard InChI is InChI=1S/C16H19N3O4/c1-10(2)15(22)18-12-5-3-4-11(8-12)17-13-9-14(21)19(6-7-20)16(13)23/h3-5,8-10,17,20H,6-7H2,1-2H3,(H,18,22). The van der Waals surface area contributed by atoms with E-state index in [1.54, 1.807) is 38.1 Å². The van der Waals surface area contributed by atoms with Gasteiger partial charge in [-0.25, -0.2) is 0 Å². The van der Waals surface area contributed by atoms with E-state index in [1.807, 2.05) is 0 Å². The van der Waals surface area contributed by atoms with Crippen molar-refractivity contribution in [3.8, 4) is 0 Å². The molecule has 0 spiro atoms. The third-order valence-electron chi connectivity index (χ3n) is 3.27. The first-order valence-electron chi connectivity index (χ1n) is 7.28. The first kappa shape index (κ1) is 16.7. The Bertz CT molecular complexity index is 667. The minimum Gasteiger partial charge on any atom is -0.395 e. The number of carbonyl (C=O) groups excluding carboxylic acids is 3. The van der Waals surface area contributed by atoms with Crippen molar-refractivity contribution in [2.24, 2.45) is 5.92 Å². The maximum Gasteiger partial charge on any atom is 0.277 e. The lowest BCUT2D eigenvalue weighted by Gasteiger charge is -2.14. The van der Waals surface area contributed by atoms with Crippen LogP contribution in [0, 0.1) is 5.92 Å². The first-order chi connectivity index (χ1) is 10.9. The number of rotatable bonds is 6. The van der Waals surface area contributed by atoms with Crippen LogP contribution in [-0.2, 0) is 14.4 Å². The van der Waals surface area contributed by atoms with Crippen molar-refractivity contribution in [1.29, 1.82) is 0 Å². The number of hydrogen-bond donors (Lipinski definition) is 3. The van der Waals surface area contributed by atoms with E-state index in [-0.39, 0.29) is 30.7 Å². The van der Waals surface area contributed by atoms with E-state index in [0.29, 0.717) is 11.4 Å². The highest BCUT2D eigenvalue weighted by Gasteiger charge is 2.30. The summed E-state index contributed by atoms with van der Waals surface area (Å²) in [5, 5.41) is 14.5. The normalized spacial score (nSPS) is 14.3. The number of amides is 3. The van der Waals surface area contributed by atoms with Crippen LogP contribution in [-0.4, -0.2) is 40.9 Å². The van der Waals surface area contributed by atoms with Gasteiger partial charge in [0.2, 0.25) is 5.91 Å². The van der Waals surface area contributed by atoms with Gasteiger partial charge in [-0.1, -0.05) is 19.9 Å². The second-order valence-corrected chi connectivity index (χ2v) is 5.43. The molecule has 0 aromatic heterocycles. The summed E-state index contributed by atoms with van der Waals surface area (Å²) < 4.78 is 0. The molecule has 1 aliphatic rings. The van der Waals surface area contributed by atoms with Crippen molar-refractivity contribution in [2.75, 3.05) is 23.8 Å². The summed E-state index contributed by atoms with van der Waals surface area (Å²) in [6.45, 7) is 3.26. The second-order valence-electron chi connectivity index (χ2n) is 5.43. The van der Waals surface area contributed by atoms with Crippen LogP contribution in [0.15, 0.2) is 36.0 Å². The zero-order valence-corrected chi connectivity index (χ0v) is 13.0. The predicted octanol–water partition coefficient (Wildman–Crippen LogP) is 0.938. The molecule has 0 saturated heterocycles. The molecule has 0 aliphatic carbocycles. The SMILES string of the molecule is CC(C)C(=O)Nc1cccc(NC2=CC(=O)N(CCO)C2=O)c1. The van der Waals surface area contributed by atoms with Gasteiger partial charge in [0.25, 0.3) is 11.8 Å². The van der Waals surface area contributed by atoms with Crippen LogP contribution < -0.4 is 10.6 Å². The largest absolute Gasteiger partial charge is 0.395 e. The molecule has 0 atom stereocenters. The van der Waals surface area contributed by atoms with E-state index in [0.717, 1.165) is 4.90 Å². The number of β-amino-alcohol motifs (C(OH)–C–C–N with tert-alkyl or cyclic N) is 1. The third kappa shape index (κ3) is 3.95. The molecule has 1 aromatic rings. The van der Waals surface area contributed by atoms with E-state index in [4.69, 9.17) is 5.11 Å². The molecule has 3 N–H and O–H groups in total. The molecule has 7 nitrogen and oxygen atoms in total. The molecule has 122 valence electrons. The summed E-state index contributed by atoms with van der Waals surface area (Å²) in [7, 11) is 0. The van der Waals surface area contributed by atoms with E-state index in [9.17, 15) is 14.4 Å². The Morgan fingerprint density at radius 2 is 1.96 bits per heavy atom. The van der Waals surface area contributed by atoms with Gasteiger partial charge in [0.1, 0.15) is 5.70 Å². The molecule has 3 amide bonds. The molecule has 2 rings (SSSR count). The molecule has 1 heterocycles. The number of aliphatic hydroxyl groups excluding tert-OH is 1. The zero-order chi connectivity index (χ0) is 17.0. The monoisotopic (exact) mass is 317 g/mol. The van der Waals surface area contributed by atoms with Gasteiger partial charge >= 0.3 is 0 Å². The van der Waals surface area contributed by atoms with Gasteiger partial charge in [-0.05, 0) is 18.2 Å². The molecule has 0 fully saturated rings. The maximum absolute atomic E-state index is 12.1. The molecule has 23 heavy (non-hydrogen) atoms. The molecule has 1 aliphatic heterocycles. The van der Waals surface area contributed by atoms with Crippen molar-refractivity contribution < 1.29 is 19.5 Å². The predicted molar refractivity (Wildman–Crippen MR) is 85.4 cm³/mol. The third-order valence-corrected chi connectivity index (χ3v) is 3.27. The summed E-state index contributed by atoms with van der Waals surface area (Å²) in [5.74, 6) is -1.20. The topological polar surface area (TPSA) is 98.7 Å². The van der Waals surface area contributed by atoms with Crippen molar-refractivity contribution in [3.05, 3.63) is 36.0 Å². The van der Waals surface area contributed by atoms with Gasteiger partial charge in [0, 0.05) is 23.4 Å². The first-order valence-corrected chi connectivity index (χ1v) is 7.28. The van der Waals surface area contributed by atoms with E-state index in [2.05, 4.69) is 10.6 Å². The van der Waals surface area contributed by atoms with Crippen molar-refractivity contribution >= 4 is 29.1 Å². The van der Waals surface area contributed by atoms with Crippen LogP contribution in [0.3, 0.4) is 0 Å². The lowest BCUT2D eigenvalue weighted by molar-refractivity contribution is -0.137. The molecule has 1 aromatic carbocycles. The Morgan fingerprint density at radius 1 is 1.26 bits per heavy atom. The highest BCUT2D eigenvalue weighted by Crippen LogP contribution is 2.20. The molecule has 0 saturated carbocycles. The fourth-order valence-corrected chi connectivity index (χ4v) is 2.03. The number of imide groups is 1. The van der Waals surface area contributed by atoms with Crippen LogP contribution in [0.25, 0.3) is 0 Å². The number of anilines is 2. The Labute approximate surface area is 134 Å². The highest BCUT2D eigenvalue weighted by atomic mass is 16.3. The Kier molecular flexibility index (Phi) is 5.13. The number of benzene rings is 1. The summed E-state index contributed by atoms with van der Waals surface area (Å²) >= 11 is 0. The van der Waals surface area contributed by atoms with Gasteiger partial charge in [0.15, 0.2) is 0 Å². The van der Waals surface area contributed by atoms with Crippen LogP contribution in [0.2, 0.25) is 0 Å². The molecule has 0 radical (unpaired) electrons. The smallest absolute Gasteiger partial charge is 0.277 e. The molecular weight excluding hydrogens is 298 g/mol. The van der Waals surface area contributed by atoms with Crippen LogP contribution >= 0.6 is 0 Å². The number of nitrogens with zero attached hydrogens (tertiary/aromatic N) is 1. The minimum absolute atomic E-state index is 0.0379. The molecule has 0 bridgehead atoms. The second kappa shape index (κ2) is 7.06. The van der Waals surface area contributed by atoms with E-state index >= 15 is 0 Å². The quantitative estimate of drug-likeness (QED) is 0.678. The molecule has 0 unspecified atom stereocenters. The number of nitrogens with one attached hydrogen (secondary N) is 2. The summed E-state index contributed by atoms with van der Waals surface area (Å²) in [6.07, 6.45) is 1.19. The maximum atomic E-state index is 12.1. The van der Waals surface area contributed by atoms with Crippen molar-refractivity contribution in [3.63, 3.8) is 0 Å². The number of hydrogen-bond acceptors (Lipinski definition) is 5. The van der Waals surface area contributed by atoms with E-state index in [1.165, 1.54) is 6.08 Å². The average molecular weight is 317 g/mol. The Hall–Kier alpha value is -2.67. The van der Waals surface area contributed by atoms with Crippen LogP contribution in [0.5, 0.6) is 0 Å². The van der Waals surface area contributed by atoms with E-state index < -0.39 is 11.8 Å². The lowest BCUT2D eigenvalue weighted by Crippen LogP contribution is -2.34. The highest BCUT2D eigenvalue weighted by molar-refractivity contribution is 6.17. The average Bonchev–Trinajstić information content (AvgIpc) is 2.75. The fraction of sp³-hybridized carbons (Fsp3) is 0.312. The van der Waals surface area contributed by atoms with Gasteiger partial charge in [-0.3, -0.25) is 19.3 Å². The van der Waals surface area contributed by atoms with Gasteiger partial charge in [0.05, 0.1) is 13.2 Å². The van der Waals surface area contributed by atoms with Crippen molar-refractivity contribution in [1.82, 2.24) is 4.90 Å². The zero-order valence-electron chi connectivity index (χ0n) is 13.0. The fourth-order valence-electron chi connectivity index (χ4n) is 2.03. The lowest BCUT2D eigenvalue weighted by atomic mass is 10.2. The Balaban J connectivity index is 2.09.